The van der Waals surface area contributed by atoms with Crippen molar-refractivity contribution in [1.82, 2.24) is 4.57 Å². The van der Waals surface area contributed by atoms with Gasteiger partial charge in [-0.2, -0.15) is 0 Å². The Morgan fingerprint density at radius 1 is 0.596 bits per heavy atom. The smallest absolute Gasteiger partial charge is 0.0590 e. The van der Waals surface area contributed by atoms with E-state index in [9.17, 15) is 0 Å². The SMILES string of the molecule is C1=CC2C3=CC=C(CC3)N(c3ccc4c5ccccc5n(C5=CC=C(N(C6=CCC(C7=CCCC=C7)C=C6)c6ccccc6)CC5)c4c3)C3C=CC=C[C@@H]3C2C=C1. The van der Waals surface area contributed by atoms with Crippen LogP contribution < -0.4 is 9.80 Å². The largest absolute Gasteiger partial charge is 0.338 e. The van der Waals surface area contributed by atoms with Crippen LogP contribution in [-0.2, 0) is 0 Å². The highest BCUT2D eigenvalue weighted by atomic mass is 15.2. The van der Waals surface area contributed by atoms with Gasteiger partial charge in [0.25, 0.3) is 0 Å². The number of nitrogens with zero attached hydrogens (tertiary/aromatic N) is 3. The van der Waals surface area contributed by atoms with Crippen LogP contribution in [0.3, 0.4) is 0 Å². The average Bonchev–Trinajstić information content (AvgIpc) is 3.65. The summed E-state index contributed by atoms with van der Waals surface area (Å²) < 4.78 is 2.56. The van der Waals surface area contributed by atoms with E-state index in [4.69, 9.17) is 0 Å². The molecule has 3 heteroatoms. The number of allylic oxidation sites excluding steroid dienone is 21. The van der Waals surface area contributed by atoms with Crippen LogP contribution in [0.15, 0.2) is 210 Å². The Hall–Kier alpha value is -6.06. The molecule has 4 unspecified atom stereocenters. The Morgan fingerprint density at radius 2 is 1.40 bits per heavy atom. The fourth-order valence-electron chi connectivity index (χ4n) is 10.6. The maximum absolute atomic E-state index is 2.68. The second-order valence-electron chi connectivity index (χ2n) is 16.5. The van der Waals surface area contributed by atoms with Crippen LogP contribution >= 0.6 is 0 Å². The van der Waals surface area contributed by atoms with Gasteiger partial charge >= 0.3 is 0 Å². The zero-order valence-corrected chi connectivity index (χ0v) is 32.5. The molecule has 3 heterocycles. The maximum atomic E-state index is 2.68. The van der Waals surface area contributed by atoms with Gasteiger partial charge in [0, 0.05) is 62.7 Å². The van der Waals surface area contributed by atoms with Crippen molar-refractivity contribution in [3.63, 3.8) is 0 Å². The van der Waals surface area contributed by atoms with Crippen LogP contribution in [0.25, 0.3) is 27.5 Å². The number of hydrogen-bond acceptors (Lipinski definition) is 2. The molecular weight excluding hydrogens is 691 g/mol. The van der Waals surface area contributed by atoms with Gasteiger partial charge in [0.1, 0.15) is 0 Å². The van der Waals surface area contributed by atoms with Crippen LogP contribution in [0.5, 0.6) is 0 Å². The Balaban J connectivity index is 0.989. The van der Waals surface area contributed by atoms with E-state index in [1.54, 1.807) is 5.57 Å². The first-order valence-electron chi connectivity index (χ1n) is 21.2. The van der Waals surface area contributed by atoms with Crippen molar-refractivity contribution >= 4 is 38.9 Å². The average molecular weight is 740 g/mol. The monoisotopic (exact) mass is 739 g/mol. The summed E-state index contributed by atoms with van der Waals surface area (Å²) in [6.07, 6.45) is 50.3. The predicted molar refractivity (Wildman–Crippen MR) is 240 cm³/mol. The van der Waals surface area contributed by atoms with Crippen molar-refractivity contribution in [2.45, 2.75) is 51.0 Å². The third-order valence-corrected chi connectivity index (χ3v) is 13.4. The summed E-state index contributed by atoms with van der Waals surface area (Å²) in [6.45, 7) is 0. The lowest BCUT2D eigenvalue weighted by Gasteiger charge is -2.41. The van der Waals surface area contributed by atoms with Crippen LogP contribution in [0, 0.1) is 23.7 Å². The van der Waals surface area contributed by atoms with Gasteiger partial charge in [0.2, 0.25) is 0 Å². The Bertz CT molecular complexity index is 2640. The third kappa shape index (κ3) is 6.03. The van der Waals surface area contributed by atoms with Crippen LogP contribution in [0.2, 0.25) is 0 Å². The molecule has 1 fully saturated rings. The normalized spacial score (nSPS) is 26.1. The van der Waals surface area contributed by atoms with Gasteiger partial charge in [0.15, 0.2) is 0 Å². The molecule has 280 valence electrons. The predicted octanol–water partition coefficient (Wildman–Crippen LogP) is 13.4. The van der Waals surface area contributed by atoms with E-state index in [1.165, 1.54) is 61.5 Å². The third-order valence-electron chi connectivity index (χ3n) is 13.4. The van der Waals surface area contributed by atoms with Crippen molar-refractivity contribution in [1.29, 1.82) is 0 Å². The van der Waals surface area contributed by atoms with Gasteiger partial charge in [-0.1, -0.05) is 133 Å². The molecule has 0 saturated carbocycles. The van der Waals surface area contributed by atoms with Crippen molar-refractivity contribution in [2.75, 3.05) is 9.80 Å². The number of benzene rings is 3. The number of aromatic nitrogens is 1. The summed E-state index contributed by atoms with van der Waals surface area (Å²) in [4.78, 5) is 5.16. The molecule has 4 aromatic rings. The molecule has 1 aromatic heterocycles. The molecule has 0 spiro atoms. The van der Waals surface area contributed by atoms with Crippen molar-refractivity contribution in [2.24, 2.45) is 23.7 Å². The summed E-state index contributed by atoms with van der Waals surface area (Å²) in [6, 6.07) is 27.4. The first kappa shape index (κ1) is 34.2. The fourth-order valence-corrected chi connectivity index (χ4v) is 10.6. The minimum Gasteiger partial charge on any atom is -0.338 e. The second kappa shape index (κ2) is 14.5. The number of fused-ring (bicyclic) bond motifs is 5. The number of anilines is 2. The Morgan fingerprint density at radius 3 is 2.21 bits per heavy atom. The summed E-state index contributed by atoms with van der Waals surface area (Å²) in [5.41, 5.74) is 13.4. The second-order valence-corrected chi connectivity index (χ2v) is 16.5. The molecule has 0 N–H and O–H groups in total. The zero-order valence-electron chi connectivity index (χ0n) is 32.5. The Kier molecular flexibility index (Phi) is 8.68. The van der Waals surface area contributed by atoms with Gasteiger partial charge in [-0.15, -0.1) is 0 Å². The molecule has 2 aliphatic heterocycles. The molecule has 1 saturated heterocycles. The summed E-state index contributed by atoms with van der Waals surface area (Å²) in [7, 11) is 0. The highest BCUT2D eigenvalue weighted by Gasteiger charge is 2.39. The summed E-state index contributed by atoms with van der Waals surface area (Å²) in [5.74, 6) is 1.72. The van der Waals surface area contributed by atoms with Crippen LogP contribution in [-0.4, -0.2) is 10.6 Å². The molecule has 0 radical (unpaired) electrons. The Labute approximate surface area is 337 Å². The standard InChI is InChI=1S/C54H49N3/c1-3-13-38(14-4-1)39-23-27-42(28-24-39)55(41-15-5-2-6-16-41)43-31-33-45(34-32-43)57-53-22-12-10-20-50(53)51-36-35-46(37-54(51)57)56-44-29-25-40(26-30-44)47-17-7-8-18-48(47)49-19-9-11-21-52(49)56/h2-3,5-23,25,27-29,31,33,35-37,39,47-49,52H,1,4,24,26,30,32,34H2/t39?,47?,48?,49-,52?/m1/s1. The van der Waals surface area contributed by atoms with Crippen molar-refractivity contribution < 1.29 is 0 Å². The van der Waals surface area contributed by atoms with E-state index >= 15 is 0 Å². The van der Waals surface area contributed by atoms with Gasteiger partial charge < -0.3 is 14.4 Å². The van der Waals surface area contributed by atoms with Gasteiger partial charge in [-0.05, 0) is 111 Å². The first-order chi connectivity index (χ1) is 28.3. The molecule has 57 heavy (non-hydrogen) atoms. The summed E-state index contributed by atoms with van der Waals surface area (Å²) in [5, 5.41) is 2.62. The van der Waals surface area contributed by atoms with Gasteiger partial charge in [-0.25, -0.2) is 0 Å². The topological polar surface area (TPSA) is 11.4 Å². The quantitative estimate of drug-likeness (QED) is 0.195. The number of hydrogen-bond donors (Lipinski definition) is 0. The fraction of sp³-hybridized carbons (Fsp3) is 0.222. The highest BCUT2D eigenvalue weighted by Crippen LogP contribution is 2.47. The maximum Gasteiger partial charge on any atom is 0.0590 e. The lowest BCUT2D eigenvalue weighted by Crippen LogP contribution is -2.42. The molecule has 6 aliphatic carbocycles. The van der Waals surface area contributed by atoms with Crippen molar-refractivity contribution in [3.05, 3.63) is 210 Å². The van der Waals surface area contributed by atoms with Gasteiger partial charge in [0.05, 0.1) is 17.1 Å². The van der Waals surface area contributed by atoms with E-state index in [2.05, 4.69) is 197 Å². The zero-order chi connectivity index (χ0) is 37.7. The van der Waals surface area contributed by atoms with E-state index < -0.39 is 0 Å². The van der Waals surface area contributed by atoms with E-state index in [1.807, 2.05) is 0 Å². The minimum atomic E-state index is 0.240. The molecule has 3 nitrogen and oxygen atoms in total. The molecule has 8 aliphatic rings. The van der Waals surface area contributed by atoms with Crippen molar-refractivity contribution in [3.8, 4) is 0 Å². The molecule has 2 bridgehead atoms. The van der Waals surface area contributed by atoms with E-state index in [0.717, 1.165) is 44.9 Å². The molecule has 3 aromatic carbocycles. The molecule has 5 atom stereocenters. The number of para-hydroxylation sites is 2. The summed E-state index contributed by atoms with van der Waals surface area (Å²) >= 11 is 0. The molecule has 0 amide bonds. The van der Waals surface area contributed by atoms with Gasteiger partial charge in [-0.3, -0.25) is 0 Å². The highest BCUT2D eigenvalue weighted by molar-refractivity contribution is 6.11. The lowest BCUT2D eigenvalue weighted by atomic mass is 9.71. The first-order valence-corrected chi connectivity index (χ1v) is 21.2. The molecular formula is C54H49N3. The molecule has 12 rings (SSSR count). The minimum absolute atomic E-state index is 0.240. The lowest BCUT2D eigenvalue weighted by molar-refractivity contribution is 0.371. The van der Waals surface area contributed by atoms with E-state index in [-0.39, 0.29) is 6.04 Å². The van der Waals surface area contributed by atoms with E-state index in [0.29, 0.717) is 23.7 Å². The number of rotatable bonds is 6. The van der Waals surface area contributed by atoms with Crippen LogP contribution in [0.1, 0.15) is 44.9 Å². The van der Waals surface area contributed by atoms with Crippen LogP contribution in [0.4, 0.5) is 11.4 Å².